The van der Waals surface area contributed by atoms with Gasteiger partial charge in [-0.25, -0.2) is 0 Å². The summed E-state index contributed by atoms with van der Waals surface area (Å²) in [5.74, 6) is -0.645. The Morgan fingerprint density at radius 1 is 1.11 bits per heavy atom. The molecule has 0 heterocycles. The van der Waals surface area contributed by atoms with E-state index in [1.807, 2.05) is 18.2 Å². The Labute approximate surface area is 168 Å². The average molecular weight is 407 g/mol. The molecule has 2 rings (SSSR count). The van der Waals surface area contributed by atoms with Gasteiger partial charge < -0.3 is 15.4 Å². The zero-order valence-electron chi connectivity index (χ0n) is 15.0. The summed E-state index contributed by atoms with van der Waals surface area (Å²) in [5, 5.41) is 6.31. The van der Waals surface area contributed by atoms with Gasteiger partial charge in [-0.2, -0.15) is 0 Å². The zero-order chi connectivity index (χ0) is 19.8. The first-order valence-electron chi connectivity index (χ1n) is 8.23. The molecule has 2 amide bonds. The van der Waals surface area contributed by atoms with E-state index in [1.165, 1.54) is 12.1 Å². The number of carbonyl (C=O) groups excluding carboxylic acids is 2. The fraction of sp³-hybridized carbons (Fsp3) is 0.200. The first-order valence-corrected chi connectivity index (χ1v) is 8.99. The van der Waals surface area contributed by atoms with Gasteiger partial charge in [0.2, 0.25) is 5.91 Å². The van der Waals surface area contributed by atoms with E-state index in [0.29, 0.717) is 40.0 Å². The van der Waals surface area contributed by atoms with E-state index in [1.54, 1.807) is 32.2 Å². The lowest BCUT2D eigenvalue weighted by Crippen LogP contribution is -2.27. The maximum absolute atomic E-state index is 12.3. The summed E-state index contributed by atoms with van der Waals surface area (Å²) in [6.07, 6.45) is 1.43. The number of hydrogen-bond acceptors (Lipinski definition) is 3. The van der Waals surface area contributed by atoms with Gasteiger partial charge in [-0.05, 0) is 42.3 Å². The van der Waals surface area contributed by atoms with Gasteiger partial charge in [-0.15, -0.1) is 0 Å². The van der Waals surface area contributed by atoms with Crippen LogP contribution in [-0.4, -0.2) is 32.1 Å². The van der Waals surface area contributed by atoms with Crippen LogP contribution in [0, 0.1) is 0 Å². The highest BCUT2D eigenvalue weighted by Gasteiger charge is 2.11. The van der Waals surface area contributed by atoms with Crippen molar-refractivity contribution in [3.63, 3.8) is 0 Å². The highest BCUT2D eigenvalue weighted by atomic mass is 35.5. The number of anilines is 1. The van der Waals surface area contributed by atoms with Gasteiger partial charge >= 0.3 is 0 Å². The molecule has 2 aromatic rings. The number of allylic oxidation sites excluding steroid dienone is 1. The largest absolute Gasteiger partial charge is 0.383 e. The minimum Gasteiger partial charge on any atom is -0.383 e. The minimum absolute atomic E-state index is 0.276. The number of amides is 2. The van der Waals surface area contributed by atoms with Crippen LogP contribution in [0.4, 0.5) is 5.69 Å². The van der Waals surface area contributed by atoms with E-state index in [4.69, 9.17) is 27.9 Å². The smallest absolute Gasteiger partial charge is 0.251 e. The van der Waals surface area contributed by atoms with Crippen molar-refractivity contribution in [3.05, 3.63) is 69.7 Å². The molecule has 0 saturated carbocycles. The van der Waals surface area contributed by atoms with E-state index < -0.39 is 0 Å². The van der Waals surface area contributed by atoms with Crippen molar-refractivity contribution in [3.8, 4) is 0 Å². The van der Waals surface area contributed by atoms with Crippen LogP contribution in [0.1, 0.15) is 22.8 Å². The molecule has 5 nitrogen and oxygen atoms in total. The van der Waals surface area contributed by atoms with E-state index >= 15 is 0 Å². The van der Waals surface area contributed by atoms with Crippen LogP contribution in [0.3, 0.4) is 0 Å². The fourth-order valence-electron chi connectivity index (χ4n) is 2.36. The summed E-state index contributed by atoms with van der Waals surface area (Å²) in [6.45, 7) is 2.59. The maximum Gasteiger partial charge on any atom is 0.251 e. The molecule has 2 N–H and O–H groups in total. The molecule has 0 bridgehead atoms. The molecular formula is C20H20Cl2N2O3. The van der Waals surface area contributed by atoms with Gasteiger partial charge in [0, 0.05) is 30.3 Å². The lowest BCUT2D eigenvalue weighted by Gasteiger charge is -2.10. The molecule has 0 atom stereocenters. The molecule has 0 aliphatic heterocycles. The number of benzene rings is 2. The van der Waals surface area contributed by atoms with Gasteiger partial charge in [0.25, 0.3) is 5.91 Å². The van der Waals surface area contributed by atoms with Crippen LogP contribution < -0.4 is 10.6 Å². The summed E-state index contributed by atoms with van der Waals surface area (Å²) in [5.41, 5.74) is 2.22. The lowest BCUT2D eigenvalue weighted by atomic mass is 10.1. The van der Waals surface area contributed by atoms with Crippen molar-refractivity contribution in [2.45, 2.75) is 6.92 Å². The second kappa shape index (κ2) is 10.1. The Bertz CT molecular complexity index is 866. The molecule has 0 aliphatic rings. The van der Waals surface area contributed by atoms with Gasteiger partial charge in [0.1, 0.15) is 0 Å². The van der Waals surface area contributed by atoms with Crippen molar-refractivity contribution in [1.82, 2.24) is 5.32 Å². The summed E-state index contributed by atoms with van der Waals surface area (Å²) >= 11 is 12.3. The molecule has 0 aliphatic carbocycles. The van der Waals surface area contributed by atoms with Gasteiger partial charge in [-0.3, -0.25) is 9.59 Å². The predicted molar refractivity (Wildman–Crippen MR) is 109 cm³/mol. The Kier molecular flexibility index (Phi) is 7.85. The Hall–Kier alpha value is -2.34. The minimum atomic E-state index is -0.369. The van der Waals surface area contributed by atoms with Crippen molar-refractivity contribution < 1.29 is 14.3 Å². The third kappa shape index (κ3) is 6.10. The van der Waals surface area contributed by atoms with Crippen LogP contribution in [0.2, 0.25) is 10.0 Å². The molecule has 27 heavy (non-hydrogen) atoms. The first-order chi connectivity index (χ1) is 12.9. The Morgan fingerprint density at radius 3 is 2.56 bits per heavy atom. The highest BCUT2D eigenvalue weighted by Crippen LogP contribution is 2.25. The quantitative estimate of drug-likeness (QED) is 0.528. The average Bonchev–Trinajstić information content (AvgIpc) is 2.63. The predicted octanol–water partition coefficient (Wildman–Crippen LogP) is 4.41. The SMILES string of the molecule is COCCNC(=O)c1ccc(Cl)c(NC(=O)C=C(C)c2ccccc2Cl)c1. The number of halogens is 2. The molecular weight excluding hydrogens is 387 g/mol. The second-order valence-electron chi connectivity index (χ2n) is 5.74. The zero-order valence-corrected chi connectivity index (χ0v) is 16.5. The number of hydrogen-bond donors (Lipinski definition) is 2. The Morgan fingerprint density at radius 2 is 1.85 bits per heavy atom. The number of nitrogens with one attached hydrogen (secondary N) is 2. The molecule has 2 aromatic carbocycles. The number of rotatable bonds is 7. The summed E-state index contributed by atoms with van der Waals surface area (Å²) < 4.78 is 4.90. The van der Waals surface area contributed by atoms with E-state index in [0.717, 1.165) is 5.56 Å². The first kappa shape index (κ1) is 21.0. The number of ether oxygens (including phenoxy) is 1. The van der Waals surface area contributed by atoms with Crippen molar-refractivity contribution in [1.29, 1.82) is 0 Å². The van der Waals surface area contributed by atoms with Crippen LogP contribution in [-0.2, 0) is 9.53 Å². The van der Waals surface area contributed by atoms with E-state index in [2.05, 4.69) is 10.6 Å². The van der Waals surface area contributed by atoms with Crippen molar-refractivity contribution in [2.24, 2.45) is 0 Å². The number of carbonyl (C=O) groups is 2. The van der Waals surface area contributed by atoms with Gasteiger partial charge in [0.05, 0.1) is 17.3 Å². The van der Waals surface area contributed by atoms with E-state index in [-0.39, 0.29) is 11.8 Å². The molecule has 0 saturated heterocycles. The Balaban J connectivity index is 2.13. The standard InChI is InChI=1S/C20H20Cl2N2O3/c1-13(15-5-3-4-6-16(15)21)11-19(25)24-18-12-14(7-8-17(18)22)20(26)23-9-10-27-2/h3-8,11-12H,9-10H2,1-2H3,(H,23,26)(H,24,25). The van der Waals surface area contributed by atoms with Crippen LogP contribution >= 0.6 is 23.2 Å². The van der Waals surface area contributed by atoms with Gasteiger partial charge in [-0.1, -0.05) is 41.4 Å². The van der Waals surface area contributed by atoms with Gasteiger partial charge in [0.15, 0.2) is 0 Å². The molecule has 0 aromatic heterocycles. The summed E-state index contributed by atoms with van der Waals surface area (Å²) in [7, 11) is 1.56. The topological polar surface area (TPSA) is 67.4 Å². The highest BCUT2D eigenvalue weighted by molar-refractivity contribution is 6.34. The molecule has 7 heteroatoms. The van der Waals surface area contributed by atoms with Crippen LogP contribution in [0.5, 0.6) is 0 Å². The van der Waals surface area contributed by atoms with Crippen LogP contribution in [0.15, 0.2) is 48.5 Å². The normalized spacial score (nSPS) is 11.2. The van der Waals surface area contributed by atoms with Crippen molar-refractivity contribution >= 4 is 46.3 Å². The molecule has 0 fully saturated rings. The van der Waals surface area contributed by atoms with E-state index in [9.17, 15) is 9.59 Å². The second-order valence-corrected chi connectivity index (χ2v) is 6.55. The third-order valence-electron chi connectivity index (χ3n) is 3.72. The molecule has 0 radical (unpaired) electrons. The molecule has 0 unspecified atom stereocenters. The molecule has 0 spiro atoms. The molecule has 142 valence electrons. The van der Waals surface area contributed by atoms with Crippen molar-refractivity contribution in [2.75, 3.05) is 25.6 Å². The fourth-order valence-corrected chi connectivity index (χ4v) is 2.80. The van der Waals surface area contributed by atoms with Crippen LogP contribution in [0.25, 0.3) is 5.57 Å². The monoisotopic (exact) mass is 406 g/mol. The summed E-state index contributed by atoms with van der Waals surface area (Å²) in [6, 6.07) is 11.9. The third-order valence-corrected chi connectivity index (χ3v) is 4.38. The number of methoxy groups -OCH3 is 1. The maximum atomic E-state index is 12.3. The summed E-state index contributed by atoms with van der Waals surface area (Å²) in [4.78, 5) is 24.5. The lowest BCUT2D eigenvalue weighted by molar-refractivity contribution is -0.111.